The van der Waals surface area contributed by atoms with Crippen molar-refractivity contribution in [2.45, 2.75) is 12.8 Å². The van der Waals surface area contributed by atoms with Crippen LogP contribution in [-0.4, -0.2) is 34.9 Å². The molecule has 1 fully saturated rings. The molecule has 5 heteroatoms. The maximum absolute atomic E-state index is 10.0. The first kappa shape index (κ1) is 9.38. The number of rotatable bonds is 3. The van der Waals surface area contributed by atoms with E-state index in [0.717, 1.165) is 30.1 Å². The van der Waals surface area contributed by atoms with Gasteiger partial charge in [0.05, 0.1) is 5.71 Å². The number of aliphatic carboxylic acids is 1. The maximum atomic E-state index is 10.0. The number of carboxylic acid groups (broad SMARTS) is 1. The number of nitrogens with zero attached hydrogens (tertiary/aromatic N) is 1. The van der Waals surface area contributed by atoms with Crippen LogP contribution in [0.2, 0.25) is 0 Å². The fraction of sp³-hybridized carbons (Fsp3) is 0.714. The average molecular weight is 189 g/mol. The van der Waals surface area contributed by atoms with Crippen LogP contribution in [0.5, 0.6) is 0 Å². The molecule has 0 spiro atoms. The Labute approximate surface area is 75.0 Å². The van der Waals surface area contributed by atoms with Crippen molar-refractivity contribution in [1.82, 2.24) is 0 Å². The Morgan fingerprint density at radius 3 is 3.17 bits per heavy atom. The first-order chi connectivity index (χ1) is 5.79. The zero-order valence-electron chi connectivity index (χ0n) is 6.65. The smallest absolute Gasteiger partial charge is 0.344 e. The highest BCUT2D eigenvalue weighted by Crippen LogP contribution is 2.14. The second-order valence-corrected chi connectivity index (χ2v) is 3.59. The topological polar surface area (TPSA) is 58.9 Å². The third kappa shape index (κ3) is 3.61. The van der Waals surface area contributed by atoms with Crippen LogP contribution in [0.3, 0.4) is 0 Å². The Hall–Kier alpha value is -0.710. The predicted octanol–water partition coefficient (Wildman–Crippen LogP) is 0.971. The van der Waals surface area contributed by atoms with Crippen molar-refractivity contribution >= 4 is 23.4 Å². The van der Waals surface area contributed by atoms with E-state index in [9.17, 15) is 4.79 Å². The second kappa shape index (κ2) is 5.03. The Balaban J connectivity index is 2.20. The molecule has 0 radical (unpaired) electrons. The van der Waals surface area contributed by atoms with Crippen molar-refractivity contribution in [3.8, 4) is 0 Å². The molecular weight excluding hydrogens is 178 g/mol. The highest BCUT2D eigenvalue weighted by molar-refractivity contribution is 8.00. The molecule has 0 amide bonds. The predicted molar refractivity (Wildman–Crippen MR) is 47.6 cm³/mol. The van der Waals surface area contributed by atoms with E-state index in [0.29, 0.717) is 0 Å². The Bertz CT molecular complexity index is 185. The number of carboxylic acids is 1. The van der Waals surface area contributed by atoms with Crippen LogP contribution in [0.4, 0.5) is 0 Å². The minimum Gasteiger partial charge on any atom is -0.479 e. The molecular formula is C7H11NO3S. The largest absolute Gasteiger partial charge is 0.479 e. The summed E-state index contributed by atoms with van der Waals surface area (Å²) in [7, 11) is 0. The molecule has 1 N–H and O–H groups in total. The summed E-state index contributed by atoms with van der Waals surface area (Å²) in [5.41, 5.74) is 0.965. The van der Waals surface area contributed by atoms with Crippen LogP contribution in [0, 0.1) is 0 Å². The fourth-order valence-electron chi connectivity index (χ4n) is 0.891. The number of hydrogen-bond donors (Lipinski definition) is 1. The number of hydrogen-bond acceptors (Lipinski definition) is 4. The first-order valence-corrected chi connectivity index (χ1v) is 4.92. The van der Waals surface area contributed by atoms with Crippen molar-refractivity contribution in [3.63, 3.8) is 0 Å². The lowest BCUT2D eigenvalue weighted by atomic mass is 10.2. The van der Waals surface area contributed by atoms with Gasteiger partial charge in [-0.15, -0.1) is 0 Å². The molecule has 12 heavy (non-hydrogen) atoms. The van der Waals surface area contributed by atoms with Gasteiger partial charge in [0.1, 0.15) is 0 Å². The molecule has 0 unspecified atom stereocenters. The van der Waals surface area contributed by atoms with E-state index >= 15 is 0 Å². The van der Waals surface area contributed by atoms with E-state index in [1.807, 2.05) is 0 Å². The molecule has 1 rings (SSSR count). The number of oxime groups is 1. The summed E-state index contributed by atoms with van der Waals surface area (Å²) < 4.78 is 0. The van der Waals surface area contributed by atoms with Gasteiger partial charge in [0.25, 0.3) is 0 Å². The van der Waals surface area contributed by atoms with Gasteiger partial charge in [0.15, 0.2) is 0 Å². The van der Waals surface area contributed by atoms with E-state index in [1.165, 1.54) is 0 Å². The normalized spacial score (nSPS) is 20.8. The molecule has 1 heterocycles. The summed E-state index contributed by atoms with van der Waals surface area (Å²) in [6, 6.07) is 0. The summed E-state index contributed by atoms with van der Waals surface area (Å²) in [5.74, 6) is 1.06. The molecule has 1 aliphatic rings. The van der Waals surface area contributed by atoms with Gasteiger partial charge in [-0.3, -0.25) is 0 Å². The monoisotopic (exact) mass is 189 g/mol. The number of carbonyl (C=O) groups is 1. The van der Waals surface area contributed by atoms with Crippen molar-refractivity contribution < 1.29 is 14.7 Å². The molecule has 0 saturated carbocycles. The second-order valence-electron chi connectivity index (χ2n) is 2.48. The van der Waals surface area contributed by atoms with Crippen LogP contribution in [0.1, 0.15) is 12.8 Å². The molecule has 1 aliphatic heterocycles. The van der Waals surface area contributed by atoms with Gasteiger partial charge < -0.3 is 9.94 Å². The van der Waals surface area contributed by atoms with Gasteiger partial charge in [-0.2, -0.15) is 11.8 Å². The Morgan fingerprint density at radius 1 is 1.75 bits per heavy atom. The molecule has 0 aliphatic carbocycles. The molecule has 1 saturated heterocycles. The van der Waals surface area contributed by atoms with Gasteiger partial charge in [-0.1, -0.05) is 5.16 Å². The Morgan fingerprint density at radius 2 is 2.58 bits per heavy atom. The minimum atomic E-state index is -0.984. The summed E-state index contributed by atoms with van der Waals surface area (Å²) >= 11 is 1.80. The molecule has 0 aromatic carbocycles. The summed E-state index contributed by atoms with van der Waals surface area (Å²) in [4.78, 5) is 14.7. The molecule has 4 nitrogen and oxygen atoms in total. The third-order valence-corrected chi connectivity index (χ3v) is 2.52. The van der Waals surface area contributed by atoms with Crippen molar-refractivity contribution in [1.29, 1.82) is 0 Å². The van der Waals surface area contributed by atoms with E-state index < -0.39 is 5.97 Å². The highest BCUT2D eigenvalue weighted by Gasteiger charge is 2.07. The first-order valence-electron chi connectivity index (χ1n) is 3.76. The van der Waals surface area contributed by atoms with E-state index in [4.69, 9.17) is 5.11 Å². The van der Waals surface area contributed by atoms with Crippen LogP contribution in [-0.2, 0) is 9.63 Å². The zero-order valence-corrected chi connectivity index (χ0v) is 7.47. The van der Waals surface area contributed by atoms with Crippen LogP contribution < -0.4 is 0 Å². The van der Waals surface area contributed by atoms with Gasteiger partial charge >= 0.3 is 5.97 Å². The lowest BCUT2D eigenvalue weighted by molar-refractivity contribution is -0.142. The van der Waals surface area contributed by atoms with E-state index in [1.54, 1.807) is 11.8 Å². The molecule has 0 bridgehead atoms. The SMILES string of the molecule is O=C(O)CON=C1CCCSC1. The van der Waals surface area contributed by atoms with E-state index in [2.05, 4.69) is 9.99 Å². The lowest BCUT2D eigenvalue weighted by Crippen LogP contribution is -2.11. The standard InChI is InChI=1S/C7H11NO3S/c9-7(10)4-11-8-6-2-1-3-12-5-6/h1-5H2,(H,9,10). The van der Waals surface area contributed by atoms with Gasteiger partial charge in [0.2, 0.25) is 6.61 Å². The Kier molecular flexibility index (Phi) is 3.93. The quantitative estimate of drug-likeness (QED) is 0.672. The van der Waals surface area contributed by atoms with Gasteiger partial charge in [0, 0.05) is 5.75 Å². The zero-order chi connectivity index (χ0) is 8.81. The van der Waals surface area contributed by atoms with Gasteiger partial charge in [-0.05, 0) is 18.6 Å². The number of thioether (sulfide) groups is 1. The summed E-state index contributed by atoms with van der Waals surface area (Å²) in [5, 5.41) is 12.0. The van der Waals surface area contributed by atoms with Crippen molar-refractivity contribution in [2.75, 3.05) is 18.1 Å². The van der Waals surface area contributed by atoms with E-state index in [-0.39, 0.29) is 6.61 Å². The average Bonchev–Trinajstić information content (AvgIpc) is 2.05. The molecule has 0 aromatic heterocycles. The van der Waals surface area contributed by atoms with Gasteiger partial charge in [-0.25, -0.2) is 4.79 Å². The van der Waals surface area contributed by atoms with Crippen molar-refractivity contribution in [3.05, 3.63) is 0 Å². The van der Waals surface area contributed by atoms with Crippen LogP contribution in [0.25, 0.3) is 0 Å². The van der Waals surface area contributed by atoms with Crippen LogP contribution in [0.15, 0.2) is 5.16 Å². The molecule has 0 atom stereocenters. The minimum absolute atomic E-state index is 0.339. The van der Waals surface area contributed by atoms with Crippen molar-refractivity contribution in [2.24, 2.45) is 5.16 Å². The fourth-order valence-corrected chi connectivity index (χ4v) is 1.82. The van der Waals surface area contributed by atoms with Crippen LogP contribution >= 0.6 is 11.8 Å². The highest BCUT2D eigenvalue weighted by atomic mass is 32.2. The maximum Gasteiger partial charge on any atom is 0.344 e. The summed E-state index contributed by atoms with van der Waals surface area (Å²) in [6.45, 7) is -0.339. The molecule has 0 aromatic rings. The lowest BCUT2D eigenvalue weighted by Gasteiger charge is -2.10. The molecule has 68 valence electrons. The third-order valence-electron chi connectivity index (χ3n) is 1.40. The summed E-state index contributed by atoms with van der Waals surface area (Å²) in [6.07, 6.45) is 2.05.